The molecule has 4 rings (SSSR count). The van der Waals surface area contributed by atoms with Gasteiger partial charge in [-0.25, -0.2) is 0 Å². The lowest BCUT2D eigenvalue weighted by molar-refractivity contribution is -0.274. The van der Waals surface area contributed by atoms with Crippen LogP contribution in [0.5, 0.6) is 5.75 Å². The number of H-pyrrole nitrogens is 1. The van der Waals surface area contributed by atoms with Gasteiger partial charge in [-0.2, -0.15) is 0 Å². The summed E-state index contributed by atoms with van der Waals surface area (Å²) in [4.78, 5) is 16.1. The van der Waals surface area contributed by atoms with E-state index >= 15 is 0 Å². The van der Waals surface area contributed by atoms with E-state index in [1.165, 1.54) is 18.2 Å². The van der Waals surface area contributed by atoms with Gasteiger partial charge in [0.05, 0.1) is 17.1 Å². The predicted octanol–water partition coefficient (Wildman–Crippen LogP) is 5.15. The van der Waals surface area contributed by atoms with Gasteiger partial charge in [0.25, 0.3) is 5.56 Å². The van der Waals surface area contributed by atoms with Gasteiger partial charge in [-0.15, -0.1) is 13.2 Å². The molecule has 1 aliphatic rings. The number of anilines is 2. The first-order valence-corrected chi connectivity index (χ1v) is 8.38. The molecule has 0 bridgehead atoms. The molecule has 132 valence electrons. The summed E-state index contributed by atoms with van der Waals surface area (Å²) in [5.41, 5.74) is 2.42. The van der Waals surface area contributed by atoms with Gasteiger partial charge in [-0.05, 0) is 29.8 Å². The summed E-state index contributed by atoms with van der Waals surface area (Å²) >= 11 is 1.10. The van der Waals surface area contributed by atoms with E-state index in [0.29, 0.717) is 26.9 Å². The molecule has 1 aromatic heterocycles. The summed E-state index contributed by atoms with van der Waals surface area (Å²) in [7, 11) is 0. The molecule has 26 heavy (non-hydrogen) atoms. The lowest BCUT2D eigenvalue weighted by atomic mass is 10.1. The van der Waals surface area contributed by atoms with Crippen molar-refractivity contribution in [2.45, 2.75) is 16.2 Å². The highest BCUT2D eigenvalue weighted by molar-refractivity contribution is 7.99. The maximum absolute atomic E-state index is 12.5. The van der Waals surface area contributed by atoms with Gasteiger partial charge >= 0.3 is 6.36 Å². The lowest BCUT2D eigenvalue weighted by Gasteiger charge is -2.21. The van der Waals surface area contributed by atoms with Crippen molar-refractivity contribution in [3.8, 4) is 17.0 Å². The van der Waals surface area contributed by atoms with E-state index in [-0.39, 0.29) is 11.3 Å². The van der Waals surface area contributed by atoms with Crippen molar-refractivity contribution in [2.75, 3.05) is 5.32 Å². The summed E-state index contributed by atoms with van der Waals surface area (Å²) in [5, 5.41) is 3.10. The highest BCUT2D eigenvalue weighted by Crippen LogP contribution is 2.44. The largest absolute Gasteiger partial charge is 0.573 e. The zero-order chi connectivity index (χ0) is 18.3. The summed E-state index contributed by atoms with van der Waals surface area (Å²) in [6.07, 6.45) is -4.76. The number of halogens is 3. The molecular weight excluding hydrogens is 365 g/mol. The summed E-state index contributed by atoms with van der Waals surface area (Å²) in [6.45, 7) is 0. The molecule has 0 saturated carbocycles. The quantitative estimate of drug-likeness (QED) is 0.508. The minimum absolute atomic E-state index is 0.313. The summed E-state index contributed by atoms with van der Waals surface area (Å²) < 4.78 is 41.1. The van der Waals surface area contributed by atoms with E-state index in [1.807, 2.05) is 36.4 Å². The molecule has 0 amide bonds. The molecule has 4 nitrogen and oxygen atoms in total. The maximum Gasteiger partial charge on any atom is 0.573 e. The maximum atomic E-state index is 12.5. The van der Waals surface area contributed by atoms with Gasteiger partial charge in [0.2, 0.25) is 0 Å². The fourth-order valence-corrected chi connectivity index (χ4v) is 3.64. The Morgan fingerprint density at radius 2 is 1.73 bits per heavy atom. The van der Waals surface area contributed by atoms with Crippen molar-refractivity contribution in [3.05, 3.63) is 65.0 Å². The fraction of sp³-hybridized carbons (Fsp3) is 0.0556. The first-order chi connectivity index (χ1) is 12.4. The van der Waals surface area contributed by atoms with E-state index in [9.17, 15) is 18.0 Å². The Bertz CT molecular complexity index is 1030. The van der Waals surface area contributed by atoms with Crippen LogP contribution in [0.25, 0.3) is 11.3 Å². The normalized spacial score (nSPS) is 12.7. The molecule has 2 heterocycles. The Kier molecular flexibility index (Phi) is 3.91. The highest BCUT2D eigenvalue weighted by Gasteiger charge is 2.31. The molecule has 3 aromatic rings. The van der Waals surface area contributed by atoms with Crippen LogP contribution in [0, 0.1) is 0 Å². The smallest absolute Gasteiger partial charge is 0.406 e. The van der Waals surface area contributed by atoms with Crippen LogP contribution in [0.3, 0.4) is 0 Å². The van der Waals surface area contributed by atoms with E-state index in [4.69, 9.17) is 0 Å². The Morgan fingerprint density at radius 1 is 0.962 bits per heavy atom. The van der Waals surface area contributed by atoms with Crippen LogP contribution in [-0.4, -0.2) is 11.3 Å². The summed E-state index contributed by atoms with van der Waals surface area (Å²) in [6, 6.07) is 15.2. The number of aromatic amines is 1. The SMILES string of the molecule is O=c1[nH]c(-c2ccccc2)cc2c1Sc1cc(OC(F)(F)F)ccc1N2. The zero-order valence-electron chi connectivity index (χ0n) is 13.1. The number of benzene rings is 2. The molecule has 2 N–H and O–H groups in total. The Labute approximate surface area is 150 Å². The molecule has 0 aliphatic carbocycles. The molecule has 0 fully saturated rings. The van der Waals surface area contributed by atoms with Crippen molar-refractivity contribution in [2.24, 2.45) is 0 Å². The lowest BCUT2D eigenvalue weighted by Crippen LogP contribution is -2.18. The Morgan fingerprint density at radius 3 is 2.46 bits per heavy atom. The third-order valence-corrected chi connectivity index (χ3v) is 4.91. The number of hydrogen-bond acceptors (Lipinski definition) is 4. The first-order valence-electron chi connectivity index (χ1n) is 7.56. The van der Waals surface area contributed by atoms with Crippen molar-refractivity contribution in [3.63, 3.8) is 0 Å². The van der Waals surface area contributed by atoms with Crippen molar-refractivity contribution < 1.29 is 17.9 Å². The third-order valence-electron chi connectivity index (χ3n) is 3.74. The van der Waals surface area contributed by atoms with Crippen LogP contribution >= 0.6 is 11.8 Å². The van der Waals surface area contributed by atoms with Gasteiger partial charge in [-0.3, -0.25) is 4.79 Å². The van der Waals surface area contributed by atoms with Gasteiger partial charge in [0.1, 0.15) is 10.6 Å². The zero-order valence-corrected chi connectivity index (χ0v) is 13.9. The second-order valence-corrected chi connectivity index (χ2v) is 6.61. The van der Waals surface area contributed by atoms with E-state index < -0.39 is 6.36 Å². The van der Waals surface area contributed by atoms with Crippen molar-refractivity contribution >= 4 is 23.1 Å². The van der Waals surface area contributed by atoms with Gasteiger partial charge in [-0.1, -0.05) is 42.1 Å². The number of pyridine rings is 1. The fourth-order valence-electron chi connectivity index (χ4n) is 2.66. The number of alkyl halides is 3. The monoisotopic (exact) mass is 376 g/mol. The standard InChI is InChI=1S/C18H11F3N2O2S/c19-18(20,21)25-11-6-7-12-15(8-11)26-16-14(22-12)9-13(23-17(16)24)10-4-2-1-3-5-10/h1-9,22H,(H,23,24). The van der Waals surface area contributed by atoms with Gasteiger partial charge in [0.15, 0.2) is 0 Å². The van der Waals surface area contributed by atoms with Crippen molar-refractivity contribution in [1.82, 2.24) is 4.98 Å². The van der Waals surface area contributed by atoms with E-state index in [2.05, 4.69) is 15.0 Å². The molecule has 0 saturated heterocycles. The molecular formula is C18H11F3N2O2S. The topological polar surface area (TPSA) is 54.1 Å². The van der Waals surface area contributed by atoms with Gasteiger partial charge < -0.3 is 15.0 Å². The number of ether oxygens (including phenoxy) is 1. The molecule has 2 aromatic carbocycles. The van der Waals surface area contributed by atoms with Crippen LogP contribution in [0.15, 0.2) is 69.2 Å². The number of hydrogen-bond donors (Lipinski definition) is 2. The van der Waals surface area contributed by atoms with E-state index in [1.54, 1.807) is 0 Å². The third kappa shape index (κ3) is 3.28. The minimum atomic E-state index is -4.76. The molecule has 0 unspecified atom stereocenters. The molecule has 8 heteroatoms. The molecule has 0 atom stereocenters. The molecule has 0 radical (unpaired) electrons. The highest BCUT2D eigenvalue weighted by atomic mass is 32.2. The molecule has 1 aliphatic heterocycles. The summed E-state index contributed by atoms with van der Waals surface area (Å²) in [5.74, 6) is -0.327. The Balaban J connectivity index is 1.71. The second-order valence-electron chi connectivity index (χ2n) is 5.55. The number of nitrogens with one attached hydrogen (secondary N) is 2. The van der Waals surface area contributed by atoms with Crippen LogP contribution in [0.1, 0.15) is 0 Å². The van der Waals surface area contributed by atoms with Gasteiger partial charge in [0, 0.05) is 4.90 Å². The van der Waals surface area contributed by atoms with Crippen LogP contribution < -0.4 is 15.6 Å². The number of fused-ring (bicyclic) bond motifs is 2. The predicted molar refractivity (Wildman–Crippen MR) is 93.0 cm³/mol. The van der Waals surface area contributed by atoms with Crippen molar-refractivity contribution in [1.29, 1.82) is 0 Å². The average molecular weight is 376 g/mol. The average Bonchev–Trinajstić information content (AvgIpc) is 2.60. The van der Waals surface area contributed by atoms with Crippen LogP contribution in [0.2, 0.25) is 0 Å². The first kappa shape index (κ1) is 16.6. The Hall–Kier alpha value is -2.87. The molecule has 0 spiro atoms. The van der Waals surface area contributed by atoms with Crippen LogP contribution in [-0.2, 0) is 0 Å². The van der Waals surface area contributed by atoms with Crippen LogP contribution in [0.4, 0.5) is 24.5 Å². The minimum Gasteiger partial charge on any atom is -0.406 e. The van der Waals surface area contributed by atoms with E-state index in [0.717, 1.165) is 17.3 Å². The second kappa shape index (κ2) is 6.14. The number of rotatable bonds is 2. The number of aromatic nitrogens is 1.